The van der Waals surface area contributed by atoms with Crippen LogP contribution < -0.4 is 0 Å². The van der Waals surface area contributed by atoms with Crippen LogP contribution in [0.25, 0.3) is 0 Å². The van der Waals surface area contributed by atoms with Crippen molar-refractivity contribution in [2.24, 2.45) is 0 Å². The molecule has 4 nitrogen and oxygen atoms in total. The molecule has 0 amide bonds. The van der Waals surface area contributed by atoms with Gasteiger partial charge in [-0.15, -0.1) is 0 Å². The van der Waals surface area contributed by atoms with Gasteiger partial charge in [-0.05, 0) is 13.3 Å². The second kappa shape index (κ2) is 5.80. The first-order valence-electron chi connectivity index (χ1n) is 9.89. The van der Waals surface area contributed by atoms with Gasteiger partial charge in [0.2, 0.25) is 0 Å². The van der Waals surface area contributed by atoms with E-state index in [9.17, 15) is 0 Å². The second-order valence-electron chi connectivity index (χ2n) is 8.45. The smallest absolute Gasteiger partial charge is 0.175 e. The SMILES string of the molecule is Cc1ccc(C[N+]23CCCN4CCN5CCCN(CC2)C5C43)cc1. The van der Waals surface area contributed by atoms with E-state index in [1.54, 1.807) is 0 Å². The summed E-state index contributed by atoms with van der Waals surface area (Å²) in [6, 6.07) is 9.32. The van der Waals surface area contributed by atoms with Gasteiger partial charge in [0.15, 0.2) is 6.17 Å². The van der Waals surface area contributed by atoms with Crippen LogP contribution in [0.4, 0.5) is 0 Å². The number of benzene rings is 1. The first kappa shape index (κ1) is 15.3. The highest BCUT2D eigenvalue weighted by molar-refractivity contribution is 5.20. The third kappa shape index (κ3) is 2.35. The summed E-state index contributed by atoms with van der Waals surface area (Å²) in [4.78, 5) is 8.45. The number of rotatable bonds is 2. The molecule has 1 aromatic rings. The minimum Gasteiger partial charge on any atom is -0.301 e. The molecule has 1 aromatic carbocycles. The standard InChI is InChI=1S/C20H31N4/c1-17-4-6-18(7-5-17)16-24-14-3-10-23-12-11-21-8-2-9-22(13-15-24)19(21)20(23)24/h4-7,19-20H,2-3,8-16H2,1H3/q+1. The molecule has 130 valence electrons. The lowest BCUT2D eigenvalue weighted by Gasteiger charge is -2.65. The highest BCUT2D eigenvalue weighted by atomic mass is 15.6. The van der Waals surface area contributed by atoms with Gasteiger partial charge in [-0.25, -0.2) is 0 Å². The predicted molar refractivity (Wildman–Crippen MR) is 96.4 cm³/mol. The molecule has 4 heterocycles. The van der Waals surface area contributed by atoms with Crippen molar-refractivity contribution in [3.05, 3.63) is 35.4 Å². The average Bonchev–Trinajstić information content (AvgIpc) is 2.62. The second-order valence-corrected chi connectivity index (χ2v) is 8.45. The number of aryl methyl sites for hydroxylation is 1. The van der Waals surface area contributed by atoms with Gasteiger partial charge in [-0.3, -0.25) is 14.7 Å². The number of quaternary nitrogens is 1. The Morgan fingerprint density at radius 3 is 2.38 bits per heavy atom. The fourth-order valence-corrected chi connectivity index (χ4v) is 5.89. The van der Waals surface area contributed by atoms with E-state index >= 15 is 0 Å². The molecular weight excluding hydrogens is 296 g/mol. The van der Waals surface area contributed by atoms with Crippen molar-refractivity contribution in [2.45, 2.75) is 38.6 Å². The van der Waals surface area contributed by atoms with Crippen molar-refractivity contribution in [3.8, 4) is 0 Å². The predicted octanol–water partition coefficient (Wildman–Crippen LogP) is 1.70. The summed E-state index contributed by atoms with van der Waals surface area (Å²) < 4.78 is 1.31. The van der Waals surface area contributed by atoms with Gasteiger partial charge in [0.05, 0.1) is 13.1 Å². The van der Waals surface area contributed by atoms with E-state index in [0.717, 1.165) is 0 Å². The Labute approximate surface area is 146 Å². The van der Waals surface area contributed by atoms with Crippen LogP contribution >= 0.6 is 0 Å². The molecule has 5 rings (SSSR count). The van der Waals surface area contributed by atoms with E-state index in [0.29, 0.717) is 12.3 Å². The fraction of sp³-hybridized carbons (Fsp3) is 0.700. The Bertz CT molecular complexity index is 594. The summed E-state index contributed by atoms with van der Waals surface area (Å²) in [5.74, 6) is 0. The third-order valence-electron chi connectivity index (χ3n) is 7.01. The van der Waals surface area contributed by atoms with E-state index < -0.39 is 0 Å². The summed E-state index contributed by atoms with van der Waals surface area (Å²) >= 11 is 0. The van der Waals surface area contributed by atoms with Crippen LogP contribution in [0.3, 0.4) is 0 Å². The molecule has 4 aliphatic rings. The van der Waals surface area contributed by atoms with Crippen LogP contribution in [0, 0.1) is 6.92 Å². The Morgan fingerprint density at radius 2 is 1.54 bits per heavy atom. The van der Waals surface area contributed by atoms with Crippen LogP contribution in [-0.4, -0.2) is 83.9 Å². The number of nitrogens with zero attached hydrogens (tertiary/aromatic N) is 4. The molecule has 4 fully saturated rings. The lowest BCUT2D eigenvalue weighted by Crippen LogP contribution is -2.82. The average molecular weight is 327 g/mol. The van der Waals surface area contributed by atoms with Crippen molar-refractivity contribution in [1.82, 2.24) is 14.7 Å². The summed E-state index contributed by atoms with van der Waals surface area (Å²) in [7, 11) is 0. The molecule has 0 spiro atoms. The van der Waals surface area contributed by atoms with Crippen molar-refractivity contribution >= 4 is 0 Å². The van der Waals surface area contributed by atoms with Crippen LogP contribution in [0.5, 0.6) is 0 Å². The quantitative estimate of drug-likeness (QED) is 0.766. The van der Waals surface area contributed by atoms with Crippen molar-refractivity contribution in [2.75, 3.05) is 52.4 Å². The molecule has 0 saturated carbocycles. The highest BCUT2D eigenvalue weighted by Gasteiger charge is 2.57. The molecule has 0 N–H and O–H groups in total. The summed E-state index contributed by atoms with van der Waals surface area (Å²) in [5, 5.41) is 0. The molecule has 4 heteroatoms. The lowest BCUT2D eigenvalue weighted by molar-refractivity contribution is -0.989. The molecule has 4 saturated heterocycles. The van der Waals surface area contributed by atoms with E-state index in [1.165, 1.54) is 87.4 Å². The number of hydrogen-bond acceptors (Lipinski definition) is 3. The molecule has 4 aliphatic heterocycles. The topological polar surface area (TPSA) is 9.72 Å². The molecule has 0 bridgehead atoms. The zero-order valence-corrected chi connectivity index (χ0v) is 15.0. The van der Waals surface area contributed by atoms with Gasteiger partial charge in [0.25, 0.3) is 0 Å². The maximum atomic E-state index is 2.84. The number of piperazine rings is 2. The Morgan fingerprint density at radius 1 is 0.833 bits per heavy atom. The number of hydrogen-bond donors (Lipinski definition) is 0. The zero-order valence-electron chi connectivity index (χ0n) is 15.0. The van der Waals surface area contributed by atoms with Gasteiger partial charge in [0.1, 0.15) is 12.7 Å². The lowest BCUT2D eigenvalue weighted by atomic mass is 9.96. The maximum Gasteiger partial charge on any atom is 0.175 e. The molecule has 3 unspecified atom stereocenters. The largest absolute Gasteiger partial charge is 0.301 e. The van der Waals surface area contributed by atoms with E-state index in [4.69, 9.17) is 0 Å². The zero-order chi connectivity index (χ0) is 16.1. The first-order chi connectivity index (χ1) is 11.8. The molecular formula is C20H31N4+. The van der Waals surface area contributed by atoms with E-state index in [2.05, 4.69) is 45.9 Å². The Kier molecular flexibility index (Phi) is 3.71. The Hall–Kier alpha value is -0.940. The summed E-state index contributed by atoms with van der Waals surface area (Å²) in [6.07, 6.45) is 4.10. The summed E-state index contributed by atoms with van der Waals surface area (Å²) in [5.41, 5.74) is 2.91. The third-order valence-corrected chi connectivity index (χ3v) is 7.01. The van der Waals surface area contributed by atoms with Gasteiger partial charge in [-0.1, -0.05) is 29.8 Å². The van der Waals surface area contributed by atoms with Gasteiger partial charge in [-0.2, -0.15) is 0 Å². The monoisotopic (exact) mass is 327 g/mol. The minimum atomic E-state index is 0.673. The highest BCUT2D eigenvalue weighted by Crippen LogP contribution is 2.38. The van der Waals surface area contributed by atoms with Gasteiger partial charge < -0.3 is 4.48 Å². The normalized spacial score (nSPS) is 37.2. The van der Waals surface area contributed by atoms with Gasteiger partial charge in [0, 0.05) is 51.3 Å². The van der Waals surface area contributed by atoms with Crippen molar-refractivity contribution in [3.63, 3.8) is 0 Å². The summed E-state index contributed by atoms with van der Waals surface area (Å²) in [6.45, 7) is 13.9. The van der Waals surface area contributed by atoms with Crippen LogP contribution in [-0.2, 0) is 6.54 Å². The van der Waals surface area contributed by atoms with E-state index in [-0.39, 0.29) is 0 Å². The van der Waals surface area contributed by atoms with Crippen LogP contribution in [0.2, 0.25) is 0 Å². The minimum absolute atomic E-state index is 0.673. The molecule has 24 heavy (non-hydrogen) atoms. The van der Waals surface area contributed by atoms with Gasteiger partial charge >= 0.3 is 0 Å². The van der Waals surface area contributed by atoms with Crippen molar-refractivity contribution < 1.29 is 4.48 Å². The van der Waals surface area contributed by atoms with Crippen LogP contribution in [0.1, 0.15) is 24.0 Å². The molecule has 0 radical (unpaired) electrons. The van der Waals surface area contributed by atoms with E-state index in [1.807, 2.05) is 0 Å². The first-order valence-corrected chi connectivity index (χ1v) is 9.89. The Balaban J connectivity index is 1.50. The van der Waals surface area contributed by atoms with Crippen LogP contribution in [0.15, 0.2) is 24.3 Å². The van der Waals surface area contributed by atoms with Crippen molar-refractivity contribution in [1.29, 1.82) is 0 Å². The molecule has 0 aromatic heterocycles. The molecule has 0 aliphatic carbocycles. The molecule has 3 atom stereocenters. The maximum absolute atomic E-state index is 2.84. The fourth-order valence-electron chi connectivity index (χ4n) is 5.89.